The van der Waals surface area contributed by atoms with E-state index in [0.29, 0.717) is 6.04 Å². The van der Waals surface area contributed by atoms with E-state index in [2.05, 4.69) is 36.2 Å². The normalized spacial score (nSPS) is 13.4. The van der Waals surface area contributed by atoms with Gasteiger partial charge in [-0.3, -0.25) is 4.68 Å². The van der Waals surface area contributed by atoms with Crippen molar-refractivity contribution in [2.45, 2.75) is 33.2 Å². The first kappa shape index (κ1) is 11.2. The Kier molecular flexibility index (Phi) is 4.59. The van der Waals surface area contributed by atoms with Crippen LogP contribution in [0.4, 0.5) is 0 Å². The highest BCUT2D eigenvalue weighted by Gasteiger charge is 2.03. The number of nitrogens with zero attached hydrogens (tertiary/aromatic N) is 3. The van der Waals surface area contributed by atoms with E-state index in [1.54, 1.807) is 12.7 Å². The molecule has 0 aliphatic carbocycles. The number of aromatic nitrogens is 3. The maximum Gasteiger partial charge on any atom is 0.137 e. The summed E-state index contributed by atoms with van der Waals surface area (Å²) in [6.07, 6.45) is 4.45. The van der Waals surface area contributed by atoms with Gasteiger partial charge < -0.3 is 5.32 Å². The third-order valence-corrected chi connectivity index (χ3v) is 2.18. The fraction of sp³-hybridized carbons (Fsp3) is 0.800. The molecule has 0 saturated heterocycles. The Balaban J connectivity index is 2.13. The Labute approximate surface area is 85.7 Å². The Hall–Kier alpha value is -0.900. The number of nitrogens with one attached hydrogen (secondary N) is 1. The summed E-state index contributed by atoms with van der Waals surface area (Å²) in [7, 11) is 0. The molecule has 0 aliphatic heterocycles. The summed E-state index contributed by atoms with van der Waals surface area (Å²) < 4.78 is 1.90. The first-order valence-electron chi connectivity index (χ1n) is 5.25. The fourth-order valence-electron chi connectivity index (χ4n) is 1.28. The molecular formula is C10H20N4. The van der Waals surface area contributed by atoms with E-state index in [-0.39, 0.29) is 0 Å². The molecule has 1 N–H and O–H groups in total. The van der Waals surface area contributed by atoms with Gasteiger partial charge in [-0.15, -0.1) is 0 Å². The summed E-state index contributed by atoms with van der Waals surface area (Å²) in [4.78, 5) is 3.93. The van der Waals surface area contributed by atoms with Gasteiger partial charge in [-0.05, 0) is 32.4 Å². The van der Waals surface area contributed by atoms with E-state index in [4.69, 9.17) is 0 Å². The fourth-order valence-corrected chi connectivity index (χ4v) is 1.28. The minimum absolute atomic E-state index is 0.428. The second-order valence-corrected chi connectivity index (χ2v) is 4.11. The summed E-state index contributed by atoms with van der Waals surface area (Å²) in [6, 6.07) is 0.428. The Morgan fingerprint density at radius 1 is 1.36 bits per heavy atom. The molecule has 1 aromatic heterocycles. The number of hydrogen-bond acceptors (Lipinski definition) is 3. The highest BCUT2D eigenvalue weighted by molar-refractivity contribution is 4.65. The van der Waals surface area contributed by atoms with E-state index >= 15 is 0 Å². The highest BCUT2D eigenvalue weighted by Crippen LogP contribution is 2.05. The number of rotatable bonds is 6. The van der Waals surface area contributed by atoms with Crippen LogP contribution in [0.3, 0.4) is 0 Å². The minimum atomic E-state index is 0.428. The summed E-state index contributed by atoms with van der Waals surface area (Å²) >= 11 is 0. The molecule has 4 heteroatoms. The van der Waals surface area contributed by atoms with E-state index < -0.39 is 0 Å². The average Bonchev–Trinajstić information content (AvgIpc) is 2.64. The molecule has 1 aromatic rings. The summed E-state index contributed by atoms with van der Waals surface area (Å²) in [5.41, 5.74) is 0. The molecule has 0 amide bonds. The Morgan fingerprint density at radius 2 is 2.14 bits per heavy atom. The lowest BCUT2D eigenvalue weighted by atomic mass is 10.2. The second-order valence-electron chi connectivity index (χ2n) is 4.11. The predicted molar refractivity (Wildman–Crippen MR) is 57.1 cm³/mol. The monoisotopic (exact) mass is 196 g/mol. The van der Waals surface area contributed by atoms with Crippen LogP contribution in [-0.2, 0) is 0 Å². The van der Waals surface area contributed by atoms with Crippen LogP contribution in [0.5, 0.6) is 0 Å². The molecule has 1 atom stereocenters. The largest absolute Gasteiger partial charge is 0.316 e. The Morgan fingerprint density at radius 3 is 2.71 bits per heavy atom. The zero-order chi connectivity index (χ0) is 10.4. The van der Waals surface area contributed by atoms with Gasteiger partial charge in [-0.25, -0.2) is 4.98 Å². The van der Waals surface area contributed by atoms with E-state index in [9.17, 15) is 0 Å². The van der Waals surface area contributed by atoms with Crippen LogP contribution in [0, 0.1) is 5.92 Å². The van der Waals surface area contributed by atoms with Crippen molar-refractivity contribution in [1.29, 1.82) is 0 Å². The van der Waals surface area contributed by atoms with Gasteiger partial charge in [0.2, 0.25) is 0 Å². The van der Waals surface area contributed by atoms with E-state index in [0.717, 1.165) is 25.4 Å². The van der Waals surface area contributed by atoms with Crippen molar-refractivity contribution in [3.05, 3.63) is 12.7 Å². The van der Waals surface area contributed by atoms with Gasteiger partial charge in [0, 0.05) is 0 Å². The molecule has 4 nitrogen and oxygen atoms in total. The molecule has 0 fully saturated rings. The van der Waals surface area contributed by atoms with Crippen LogP contribution in [0.15, 0.2) is 12.7 Å². The van der Waals surface area contributed by atoms with Crippen molar-refractivity contribution < 1.29 is 0 Å². The van der Waals surface area contributed by atoms with Gasteiger partial charge in [0.25, 0.3) is 0 Å². The topological polar surface area (TPSA) is 42.7 Å². The van der Waals surface area contributed by atoms with Gasteiger partial charge in [0.15, 0.2) is 0 Å². The zero-order valence-corrected chi connectivity index (χ0v) is 9.27. The van der Waals surface area contributed by atoms with Crippen molar-refractivity contribution in [2.75, 3.05) is 13.1 Å². The lowest BCUT2D eigenvalue weighted by molar-refractivity contribution is 0.433. The Bertz CT molecular complexity index is 230. The van der Waals surface area contributed by atoms with Crippen molar-refractivity contribution in [1.82, 2.24) is 20.1 Å². The summed E-state index contributed by atoms with van der Waals surface area (Å²) in [5.74, 6) is 0.719. The summed E-state index contributed by atoms with van der Waals surface area (Å²) in [6.45, 7) is 8.72. The van der Waals surface area contributed by atoms with E-state index in [1.807, 2.05) is 4.68 Å². The van der Waals surface area contributed by atoms with Crippen molar-refractivity contribution in [3.8, 4) is 0 Å². The molecule has 0 bridgehead atoms. The number of hydrogen-bond donors (Lipinski definition) is 1. The maximum absolute atomic E-state index is 4.11. The minimum Gasteiger partial charge on any atom is -0.316 e. The smallest absolute Gasteiger partial charge is 0.137 e. The molecule has 0 saturated carbocycles. The quantitative estimate of drug-likeness (QED) is 0.701. The predicted octanol–water partition coefficient (Wildman–Crippen LogP) is 1.47. The second kappa shape index (κ2) is 5.75. The molecule has 80 valence electrons. The average molecular weight is 196 g/mol. The first-order valence-corrected chi connectivity index (χ1v) is 5.25. The molecule has 0 aromatic carbocycles. The van der Waals surface area contributed by atoms with Crippen LogP contribution in [0.2, 0.25) is 0 Å². The van der Waals surface area contributed by atoms with Crippen molar-refractivity contribution in [2.24, 2.45) is 5.92 Å². The van der Waals surface area contributed by atoms with Gasteiger partial charge in [-0.1, -0.05) is 13.8 Å². The first-order chi connectivity index (χ1) is 6.70. The van der Waals surface area contributed by atoms with Crippen LogP contribution in [-0.4, -0.2) is 27.9 Å². The van der Waals surface area contributed by atoms with Gasteiger partial charge in [-0.2, -0.15) is 5.10 Å². The molecule has 14 heavy (non-hydrogen) atoms. The molecule has 0 aliphatic rings. The molecule has 1 unspecified atom stereocenters. The summed E-state index contributed by atoms with van der Waals surface area (Å²) in [5, 5.41) is 7.52. The highest BCUT2D eigenvalue weighted by atomic mass is 15.3. The molecule has 1 heterocycles. The zero-order valence-electron chi connectivity index (χ0n) is 9.27. The van der Waals surface area contributed by atoms with Gasteiger partial charge >= 0.3 is 0 Å². The third-order valence-electron chi connectivity index (χ3n) is 2.18. The molecular weight excluding hydrogens is 176 g/mol. The lowest BCUT2D eigenvalue weighted by Gasteiger charge is -2.12. The maximum atomic E-state index is 4.11. The van der Waals surface area contributed by atoms with Crippen LogP contribution in [0.1, 0.15) is 33.2 Å². The van der Waals surface area contributed by atoms with Crippen molar-refractivity contribution >= 4 is 0 Å². The van der Waals surface area contributed by atoms with Crippen LogP contribution in [0.25, 0.3) is 0 Å². The molecule has 0 radical (unpaired) electrons. The van der Waals surface area contributed by atoms with Crippen LogP contribution >= 0.6 is 0 Å². The third kappa shape index (κ3) is 3.87. The molecule has 0 spiro atoms. The van der Waals surface area contributed by atoms with Crippen LogP contribution < -0.4 is 5.32 Å². The van der Waals surface area contributed by atoms with Gasteiger partial charge in [0.05, 0.1) is 6.04 Å². The standard InChI is InChI=1S/C10H20N4/c1-9(2)6-11-5-4-10(3)14-8-12-7-13-14/h7-11H,4-6H2,1-3H3. The molecule has 1 rings (SSSR count). The van der Waals surface area contributed by atoms with E-state index in [1.165, 1.54) is 0 Å². The lowest BCUT2D eigenvalue weighted by Crippen LogP contribution is -2.23. The van der Waals surface area contributed by atoms with Crippen molar-refractivity contribution in [3.63, 3.8) is 0 Å². The van der Waals surface area contributed by atoms with Gasteiger partial charge in [0.1, 0.15) is 12.7 Å². The SMILES string of the molecule is CC(C)CNCCC(C)n1cncn1.